The van der Waals surface area contributed by atoms with Gasteiger partial charge in [-0.25, -0.2) is 4.98 Å². The number of nitrogens with one attached hydrogen (secondary N) is 1. The summed E-state index contributed by atoms with van der Waals surface area (Å²) in [6.07, 6.45) is 1.25. The zero-order valence-electron chi connectivity index (χ0n) is 6.81. The second-order valence-electron chi connectivity index (χ2n) is 2.27. The van der Waals surface area contributed by atoms with E-state index in [-0.39, 0.29) is 12.6 Å². The fraction of sp³-hybridized carbons (Fsp3) is 0.333. The van der Waals surface area contributed by atoms with Crippen molar-refractivity contribution in [3.05, 3.63) is 22.0 Å². The molecule has 1 aromatic heterocycles. The van der Waals surface area contributed by atoms with Crippen LogP contribution in [-0.2, 0) is 16.1 Å². The van der Waals surface area contributed by atoms with Gasteiger partial charge in [0.1, 0.15) is 18.5 Å². The van der Waals surface area contributed by atoms with Crippen molar-refractivity contribution in [3.63, 3.8) is 0 Å². The van der Waals surface area contributed by atoms with Gasteiger partial charge >= 0.3 is 11.9 Å². The lowest BCUT2D eigenvalue weighted by Gasteiger charge is -1.94. The minimum absolute atomic E-state index is 0.0316. The maximum atomic E-state index is 10.4. The van der Waals surface area contributed by atoms with Crippen LogP contribution in [0.15, 0.2) is 6.20 Å². The summed E-state index contributed by atoms with van der Waals surface area (Å²) < 4.78 is 4.59. The Morgan fingerprint density at radius 3 is 3.00 bits per heavy atom. The SMILES string of the molecule is CC(=O)OCc1cnc([N+](=O)[O-])[nH]1. The van der Waals surface area contributed by atoms with E-state index in [2.05, 4.69) is 14.7 Å². The summed E-state index contributed by atoms with van der Waals surface area (Å²) >= 11 is 0. The molecular weight excluding hydrogens is 178 g/mol. The molecule has 1 N–H and O–H groups in total. The third kappa shape index (κ3) is 2.55. The van der Waals surface area contributed by atoms with E-state index in [0.29, 0.717) is 5.69 Å². The van der Waals surface area contributed by atoms with E-state index in [1.165, 1.54) is 13.1 Å². The number of aromatic amines is 1. The van der Waals surface area contributed by atoms with Gasteiger partial charge in [-0.1, -0.05) is 4.98 Å². The highest BCUT2D eigenvalue weighted by Gasteiger charge is 2.11. The Bertz CT molecular complexity index is 332. The van der Waals surface area contributed by atoms with E-state index >= 15 is 0 Å². The lowest BCUT2D eigenvalue weighted by atomic mass is 10.5. The number of H-pyrrole nitrogens is 1. The topological polar surface area (TPSA) is 98.1 Å². The maximum Gasteiger partial charge on any atom is 0.432 e. The van der Waals surface area contributed by atoms with Crippen LogP contribution in [0, 0.1) is 10.1 Å². The lowest BCUT2D eigenvalue weighted by molar-refractivity contribution is -0.393. The Balaban J connectivity index is 2.59. The number of carbonyl (C=O) groups is 1. The predicted molar refractivity (Wildman–Crippen MR) is 40.7 cm³/mol. The molecule has 0 aliphatic carbocycles. The van der Waals surface area contributed by atoms with E-state index in [9.17, 15) is 14.9 Å². The van der Waals surface area contributed by atoms with Crippen LogP contribution in [0.4, 0.5) is 5.95 Å². The molecule has 1 heterocycles. The van der Waals surface area contributed by atoms with Gasteiger partial charge in [0.05, 0.1) is 0 Å². The summed E-state index contributed by atoms with van der Waals surface area (Å²) in [7, 11) is 0. The molecule has 0 aliphatic heterocycles. The van der Waals surface area contributed by atoms with Crippen molar-refractivity contribution >= 4 is 11.9 Å². The average Bonchev–Trinajstić information content (AvgIpc) is 2.48. The van der Waals surface area contributed by atoms with E-state index in [4.69, 9.17) is 0 Å². The van der Waals surface area contributed by atoms with Crippen molar-refractivity contribution in [2.75, 3.05) is 0 Å². The van der Waals surface area contributed by atoms with Gasteiger partial charge in [-0.15, -0.1) is 0 Å². The molecule has 0 unspecified atom stereocenters. The molecule has 0 saturated heterocycles. The largest absolute Gasteiger partial charge is 0.458 e. The minimum atomic E-state index is -0.655. The van der Waals surface area contributed by atoms with Crippen LogP contribution in [0.5, 0.6) is 0 Å². The molecule has 0 atom stereocenters. The van der Waals surface area contributed by atoms with E-state index < -0.39 is 10.9 Å². The zero-order valence-corrected chi connectivity index (χ0v) is 6.81. The highest BCUT2D eigenvalue weighted by molar-refractivity contribution is 5.65. The highest BCUT2D eigenvalue weighted by Crippen LogP contribution is 2.05. The van der Waals surface area contributed by atoms with Gasteiger partial charge in [0.15, 0.2) is 0 Å². The monoisotopic (exact) mass is 185 g/mol. The Morgan fingerprint density at radius 2 is 2.54 bits per heavy atom. The molecule has 7 heteroatoms. The van der Waals surface area contributed by atoms with Crippen molar-refractivity contribution in [2.45, 2.75) is 13.5 Å². The Labute approximate surface area is 72.9 Å². The first-order chi connectivity index (χ1) is 6.09. The molecule has 70 valence electrons. The molecular formula is C6H7N3O4. The number of nitro groups is 1. The molecule has 7 nitrogen and oxygen atoms in total. The van der Waals surface area contributed by atoms with E-state index in [1.807, 2.05) is 0 Å². The van der Waals surface area contributed by atoms with Gasteiger partial charge in [0.25, 0.3) is 0 Å². The highest BCUT2D eigenvalue weighted by atomic mass is 16.6. The quantitative estimate of drug-likeness (QED) is 0.417. The summed E-state index contributed by atoms with van der Waals surface area (Å²) in [5, 5.41) is 10.2. The number of hydrogen-bond acceptors (Lipinski definition) is 5. The number of imidazole rings is 1. The molecule has 0 spiro atoms. The molecule has 1 aromatic rings. The standard InChI is InChI=1S/C6H7N3O4/c1-4(10)13-3-5-2-7-6(8-5)9(11)12/h2H,3H2,1H3,(H,7,8). The number of carbonyl (C=O) groups excluding carboxylic acids is 1. The van der Waals surface area contributed by atoms with Crippen molar-refractivity contribution in [1.29, 1.82) is 0 Å². The Morgan fingerprint density at radius 1 is 1.85 bits per heavy atom. The van der Waals surface area contributed by atoms with E-state index in [1.54, 1.807) is 0 Å². The maximum absolute atomic E-state index is 10.4. The van der Waals surface area contributed by atoms with Crippen LogP contribution in [0.1, 0.15) is 12.6 Å². The van der Waals surface area contributed by atoms with Gasteiger partial charge in [-0.3, -0.25) is 4.79 Å². The van der Waals surface area contributed by atoms with E-state index in [0.717, 1.165) is 0 Å². The third-order valence-electron chi connectivity index (χ3n) is 1.22. The average molecular weight is 185 g/mol. The van der Waals surface area contributed by atoms with Gasteiger partial charge in [0.2, 0.25) is 0 Å². The smallest absolute Gasteiger partial charge is 0.432 e. The summed E-state index contributed by atoms with van der Waals surface area (Å²) in [6.45, 7) is 1.22. The lowest BCUT2D eigenvalue weighted by Crippen LogP contribution is -1.99. The fourth-order valence-electron chi connectivity index (χ4n) is 0.693. The molecule has 0 amide bonds. The molecule has 0 aromatic carbocycles. The number of aromatic nitrogens is 2. The first-order valence-corrected chi connectivity index (χ1v) is 3.41. The van der Waals surface area contributed by atoms with Gasteiger partial charge < -0.3 is 14.9 Å². The first-order valence-electron chi connectivity index (χ1n) is 3.41. The summed E-state index contributed by atoms with van der Waals surface area (Å²) in [5.74, 6) is -0.806. The van der Waals surface area contributed by atoms with Crippen LogP contribution in [0.3, 0.4) is 0 Å². The van der Waals surface area contributed by atoms with Crippen molar-refractivity contribution in [3.8, 4) is 0 Å². The molecule has 0 radical (unpaired) electrons. The van der Waals surface area contributed by atoms with Crippen LogP contribution < -0.4 is 0 Å². The normalized spacial score (nSPS) is 9.62. The van der Waals surface area contributed by atoms with Crippen molar-refractivity contribution in [1.82, 2.24) is 9.97 Å². The predicted octanol–water partition coefficient (Wildman–Crippen LogP) is 0.381. The zero-order chi connectivity index (χ0) is 9.84. The second kappa shape index (κ2) is 3.65. The van der Waals surface area contributed by atoms with Gasteiger partial charge in [-0.2, -0.15) is 0 Å². The van der Waals surface area contributed by atoms with Crippen LogP contribution >= 0.6 is 0 Å². The molecule has 0 fully saturated rings. The number of ether oxygens (including phenoxy) is 1. The Kier molecular flexibility index (Phi) is 2.58. The third-order valence-corrected chi connectivity index (χ3v) is 1.22. The first kappa shape index (κ1) is 9.17. The number of hydrogen-bond donors (Lipinski definition) is 1. The molecule has 0 bridgehead atoms. The fourth-order valence-corrected chi connectivity index (χ4v) is 0.693. The number of esters is 1. The summed E-state index contributed by atoms with van der Waals surface area (Å²) in [4.78, 5) is 25.7. The molecule has 13 heavy (non-hydrogen) atoms. The molecule has 0 aliphatic rings. The Hall–Kier alpha value is -1.92. The van der Waals surface area contributed by atoms with Crippen LogP contribution in [0.25, 0.3) is 0 Å². The minimum Gasteiger partial charge on any atom is -0.458 e. The summed E-state index contributed by atoms with van der Waals surface area (Å²) in [6, 6.07) is 0. The second-order valence-corrected chi connectivity index (χ2v) is 2.27. The number of rotatable bonds is 3. The van der Waals surface area contributed by atoms with Crippen molar-refractivity contribution < 1.29 is 14.5 Å². The van der Waals surface area contributed by atoms with Gasteiger partial charge in [0, 0.05) is 6.92 Å². The van der Waals surface area contributed by atoms with Crippen LogP contribution in [0.2, 0.25) is 0 Å². The van der Waals surface area contributed by atoms with Gasteiger partial charge in [-0.05, 0) is 4.92 Å². The molecule has 1 rings (SSSR count). The number of nitrogens with zero attached hydrogens (tertiary/aromatic N) is 2. The molecule has 0 saturated carbocycles. The van der Waals surface area contributed by atoms with Crippen LogP contribution in [-0.4, -0.2) is 20.9 Å². The summed E-state index contributed by atoms with van der Waals surface area (Å²) in [5.41, 5.74) is 0.391. The van der Waals surface area contributed by atoms with Crippen molar-refractivity contribution in [2.24, 2.45) is 0 Å².